The average molecular weight is 688 g/mol. The van der Waals surface area contributed by atoms with Crippen LogP contribution in [0.4, 0.5) is 4.79 Å². The van der Waals surface area contributed by atoms with Crippen molar-refractivity contribution in [2.75, 3.05) is 0 Å². The van der Waals surface area contributed by atoms with E-state index in [-0.39, 0.29) is 57.2 Å². The lowest BCUT2D eigenvalue weighted by Crippen LogP contribution is -2.62. The number of ketones is 1. The van der Waals surface area contributed by atoms with Crippen molar-refractivity contribution < 1.29 is 38.8 Å². The highest BCUT2D eigenvalue weighted by atomic mass is 16.6. The third-order valence-corrected chi connectivity index (χ3v) is 15.4. The molecule has 9 nitrogen and oxygen atoms in total. The predicted molar refractivity (Wildman–Crippen MR) is 185 cm³/mol. The number of alkyl carbamates (subject to hydrolysis) is 1. The van der Waals surface area contributed by atoms with E-state index in [2.05, 4.69) is 26.1 Å². The summed E-state index contributed by atoms with van der Waals surface area (Å²) in [5.41, 5.74) is -3.48. The minimum absolute atomic E-state index is 0.0285. The van der Waals surface area contributed by atoms with Crippen LogP contribution in [-0.2, 0) is 23.8 Å². The Balaban J connectivity index is 1.35. The molecule has 0 bridgehead atoms. The van der Waals surface area contributed by atoms with Gasteiger partial charge in [-0.25, -0.2) is 9.59 Å². The molecule has 1 aliphatic heterocycles. The Bertz CT molecular complexity index is 1380. The number of Topliss-reactive ketones (excluding diaryl/α,β-unsaturated/α-hetero) is 1. The molecule has 5 aliphatic carbocycles. The van der Waals surface area contributed by atoms with Gasteiger partial charge in [0, 0.05) is 23.7 Å². The molecular weight excluding hydrogens is 622 g/mol. The van der Waals surface area contributed by atoms with E-state index in [0.717, 1.165) is 38.5 Å². The Labute approximate surface area is 294 Å². The molecule has 1 heterocycles. The third-order valence-electron chi connectivity index (χ3n) is 15.4. The summed E-state index contributed by atoms with van der Waals surface area (Å²) in [5.74, 6) is -0.527. The zero-order valence-corrected chi connectivity index (χ0v) is 32.3. The van der Waals surface area contributed by atoms with Gasteiger partial charge >= 0.3 is 12.1 Å². The SMILES string of the molecule is CC(C)[C@H](NC(=O)OC(C)(C)C)C(=O)O[C@H]1CC2C3(CC[C@]4(C)[C@@H]([C@@]5(C)CC[C@@H](C(C)(C)O)O5)[C@@H](O)C[C@@]24C)C[C@@]32CCC(=O)C(C)(C)[C@H]12. The molecule has 0 aromatic heterocycles. The molecule has 6 fully saturated rings. The molecule has 278 valence electrons. The van der Waals surface area contributed by atoms with Crippen molar-refractivity contribution in [2.45, 2.75) is 182 Å². The van der Waals surface area contributed by atoms with Crippen LogP contribution >= 0.6 is 0 Å². The van der Waals surface area contributed by atoms with Crippen molar-refractivity contribution in [1.82, 2.24) is 5.32 Å². The molecule has 0 radical (unpaired) electrons. The largest absolute Gasteiger partial charge is 0.460 e. The number of aliphatic hydroxyl groups excluding tert-OH is 1. The molecule has 3 N–H and O–H groups in total. The zero-order chi connectivity index (χ0) is 36.5. The topological polar surface area (TPSA) is 131 Å². The third kappa shape index (κ3) is 5.35. The van der Waals surface area contributed by atoms with Crippen LogP contribution < -0.4 is 5.32 Å². The summed E-state index contributed by atoms with van der Waals surface area (Å²) < 4.78 is 18.9. The Morgan fingerprint density at radius 3 is 2.16 bits per heavy atom. The number of aliphatic hydroxyl groups is 2. The summed E-state index contributed by atoms with van der Waals surface area (Å²) in [5, 5.41) is 25.7. The van der Waals surface area contributed by atoms with Crippen molar-refractivity contribution in [1.29, 1.82) is 0 Å². The predicted octanol–water partition coefficient (Wildman–Crippen LogP) is 6.75. The molecule has 2 spiro atoms. The first-order valence-corrected chi connectivity index (χ1v) is 19.1. The van der Waals surface area contributed by atoms with E-state index < -0.39 is 52.5 Å². The molecule has 1 saturated heterocycles. The van der Waals surface area contributed by atoms with Crippen LogP contribution in [0.15, 0.2) is 0 Å². The quantitative estimate of drug-likeness (QED) is 0.262. The van der Waals surface area contributed by atoms with Gasteiger partial charge in [0.2, 0.25) is 0 Å². The standard InChI is InChI=1S/C40H65NO8/c1-22(2)28(41-32(45)49-33(3,4)5)31(44)47-24-19-25-37(11)20-23(42)29(38(12)15-14-27(48-38)35(8,9)46)36(37,10)17-18-39(25)21-40(39)16-13-26(43)34(6,7)30(24)40/h22-25,27-30,42,46H,13-21H2,1-12H3,(H,41,45)/t23-,24-,25?,27-,28-,29-,30-,36+,37-,38+,39?,40+/m0/s1. The second kappa shape index (κ2) is 11.1. The van der Waals surface area contributed by atoms with Crippen LogP contribution in [0.5, 0.6) is 0 Å². The zero-order valence-electron chi connectivity index (χ0n) is 32.3. The lowest BCUT2D eigenvalue weighted by atomic mass is 9.41. The van der Waals surface area contributed by atoms with Gasteiger partial charge in [-0.05, 0) is 126 Å². The van der Waals surface area contributed by atoms with Crippen LogP contribution in [0.2, 0.25) is 0 Å². The molecule has 6 aliphatic rings. The number of esters is 1. The van der Waals surface area contributed by atoms with Gasteiger partial charge in [-0.2, -0.15) is 0 Å². The average Bonchev–Trinajstić information content (AvgIpc) is 3.30. The molecule has 9 heteroatoms. The van der Waals surface area contributed by atoms with Crippen LogP contribution in [0.25, 0.3) is 0 Å². The highest BCUT2D eigenvalue weighted by Crippen LogP contribution is 2.89. The number of fused-ring (bicyclic) bond motifs is 2. The number of rotatable bonds is 6. The molecule has 0 aromatic rings. The first-order chi connectivity index (χ1) is 22.3. The van der Waals surface area contributed by atoms with E-state index in [1.807, 2.05) is 27.7 Å². The minimum Gasteiger partial charge on any atom is -0.460 e. The van der Waals surface area contributed by atoms with Gasteiger partial charge in [0.25, 0.3) is 0 Å². The molecular formula is C40H65NO8. The van der Waals surface area contributed by atoms with Gasteiger partial charge in [0.1, 0.15) is 23.5 Å². The first kappa shape index (κ1) is 37.1. The maximum Gasteiger partial charge on any atom is 0.408 e. The maximum absolute atomic E-state index is 14.1. The summed E-state index contributed by atoms with van der Waals surface area (Å²) in [4.78, 5) is 40.6. The summed E-state index contributed by atoms with van der Waals surface area (Å²) in [6.07, 6.45) is 5.16. The van der Waals surface area contributed by atoms with Gasteiger partial charge in [-0.15, -0.1) is 0 Å². The Hall–Kier alpha value is -1.71. The molecule has 5 saturated carbocycles. The summed E-state index contributed by atoms with van der Waals surface area (Å²) in [6, 6.07) is -0.896. The number of ether oxygens (including phenoxy) is 3. The highest BCUT2D eigenvalue weighted by molar-refractivity contribution is 5.86. The monoisotopic (exact) mass is 687 g/mol. The number of hydrogen-bond donors (Lipinski definition) is 3. The summed E-state index contributed by atoms with van der Waals surface area (Å²) >= 11 is 0. The van der Waals surface area contributed by atoms with E-state index >= 15 is 0 Å². The molecule has 49 heavy (non-hydrogen) atoms. The minimum atomic E-state index is -0.963. The van der Waals surface area contributed by atoms with Crippen LogP contribution in [0, 0.1) is 50.7 Å². The molecule has 1 amide bonds. The number of nitrogens with one attached hydrogen (secondary N) is 1. The Kier molecular flexibility index (Phi) is 8.43. The highest BCUT2D eigenvalue weighted by Gasteiger charge is 2.85. The summed E-state index contributed by atoms with van der Waals surface area (Å²) in [7, 11) is 0. The van der Waals surface area contributed by atoms with Crippen LogP contribution in [-0.4, -0.2) is 69.2 Å². The van der Waals surface area contributed by atoms with Crippen molar-refractivity contribution in [3.8, 4) is 0 Å². The van der Waals surface area contributed by atoms with Gasteiger partial charge < -0.3 is 29.7 Å². The van der Waals surface area contributed by atoms with E-state index in [1.54, 1.807) is 34.6 Å². The number of amides is 1. The van der Waals surface area contributed by atoms with Gasteiger partial charge in [0.15, 0.2) is 0 Å². The Morgan fingerprint density at radius 1 is 0.939 bits per heavy atom. The number of carbonyl (C=O) groups is 3. The molecule has 6 rings (SSSR count). The number of hydrogen-bond acceptors (Lipinski definition) is 8. The fourth-order valence-electron chi connectivity index (χ4n) is 13.2. The molecule has 0 aromatic carbocycles. The van der Waals surface area contributed by atoms with Crippen molar-refractivity contribution in [2.24, 2.45) is 50.7 Å². The fourth-order valence-corrected chi connectivity index (χ4v) is 13.2. The van der Waals surface area contributed by atoms with Crippen LogP contribution in [0.3, 0.4) is 0 Å². The van der Waals surface area contributed by atoms with E-state index in [1.165, 1.54) is 0 Å². The lowest BCUT2D eigenvalue weighted by Gasteiger charge is -2.64. The second-order valence-corrected chi connectivity index (χ2v) is 20.4. The second-order valence-electron chi connectivity index (χ2n) is 20.4. The summed E-state index contributed by atoms with van der Waals surface area (Å²) in [6.45, 7) is 23.7. The first-order valence-electron chi connectivity index (χ1n) is 19.1. The van der Waals surface area contributed by atoms with Crippen molar-refractivity contribution in [3.05, 3.63) is 0 Å². The van der Waals surface area contributed by atoms with E-state index in [0.29, 0.717) is 19.3 Å². The molecule has 12 atom stereocenters. The van der Waals surface area contributed by atoms with Crippen molar-refractivity contribution in [3.63, 3.8) is 0 Å². The van der Waals surface area contributed by atoms with Gasteiger partial charge in [-0.3, -0.25) is 4.79 Å². The van der Waals surface area contributed by atoms with Gasteiger partial charge in [0.05, 0.1) is 23.4 Å². The van der Waals surface area contributed by atoms with Crippen LogP contribution in [0.1, 0.15) is 141 Å². The molecule has 2 unspecified atom stereocenters. The lowest BCUT2D eigenvalue weighted by molar-refractivity contribution is -0.211. The fraction of sp³-hybridized carbons (Fsp3) is 0.925. The smallest absolute Gasteiger partial charge is 0.408 e. The van der Waals surface area contributed by atoms with E-state index in [4.69, 9.17) is 14.2 Å². The van der Waals surface area contributed by atoms with Crippen molar-refractivity contribution >= 4 is 17.8 Å². The van der Waals surface area contributed by atoms with Gasteiger partial charge in [-0.1, -0.05) is 41.5 Å². The number of carbonyl (C=O) groups excluding carboxylic acids is 3. The maximum atomic E-state index is 14.1. The Morgan fingerprint density at radius 2 is 1.59 bits per heavy atom. The van der Waals surface area contributed by atoms with E-state index in [9.17, 15) is 24.6 Å². The normalized spacial score (nSPS) is 46.2.